The van der Waals surface area contributed by atoms with Crippen LogP contribution in [0.2, 0.25) is 0 Å². The van der Waals surface area contributed by atoms with Crippen molar-refractivity contribution in [2.75, 3.05) is 24.5 Å². The lowest BCUT2D eigenvalue weighted by molar-refractivity contribution is 0.515. The molecule has 5 rings (SSSR count). The Morgan fingerprint density at radius 2 is 1.94 bits per heavy atom. The highest BCUT2D eigenvalue weighted by Crippen LogP contribution is 2.33. The first kappa shape index (κ1) is 20.6. The number of hydrogen-bond acceptors (Lipinski definition) is 5. The van der Waals surface area contributed by atoms with Crippen LogP contribution in [0.15, 0.2) is 54.7 Å². The van der Waals surface area contributed by atoms with Crippen molar-refractivity contribution in [3.8, 4) is 11.4 Å². The SMILES string of the molecule is Cc1cc(F)ccc1CNCC1CCN(c2nnc(-c3ccnn3C)c3ccccc23)C1. The van der Waals surface area contributed by atoms with Gasteiger partial charge < -0.3 is 10.2 Å². The summed E-state index contributed by atoms with van der Waals surface area (Å²) >= 11 is 0. The van der Waals surface area contributed by atoms with E-state index in [-0.39, 0.29) is 5.82 Å². The third-order valence-corrected chi connectivity index (χ3v) is 6.37. The lowest BCUT2D eigenvalue weighted by Crippen LogP contribution is -2.27. The second kappa shape index (κ2) is 8.67. The highest BCUT2D eigenvalue weighted by atomic mass is 19.1. The zero-order valence-electron chi connectivity index (χ0n) is 18.4. The van der Waals surface area contributed by atoms with Crippen molar-refractivity contribution in [3.05, 3.63) is 71.7 Å². The van der Waals surface area contributed by atoms with Crippen LogP contribution in [0.1, 0.15) is 17.5 Å². The van der Waals surface area contributed by atoms with E-state index in [1.54, 1.807) is 12.3 Å². The van der Waals surface area contributed by atoms with Crippen LogP contribution in [0.5, 0.6) is 0 Å². The fourth-order valence-electron chi connectivity index (χ4n) is 4.58. The van der Waals surface area contributed by atoms with Gasteiger partial charge in [0.05, 0.1) is 5.69 Å². The molecule has 0 radical (unpaired) electrons. The Balaban J connectivity index is 1.30. The Bertz CT molecular complexity index is 1250. The lowest BCUT2D eigenvalue weighted by Gasteiger charge is -2.20. The van der Waals surface area contributed by atoms with Crippen molar-refractivity contribution < 1.29 is 4.39 Å². The van der Waals surface area contributed by atoms with Crippen LogP contribution in [-0.2, 0) is 13.6 Å². The number of hydrogen-bond donors (Lipinski definition) is 1. The topological polar surface area (TPSA) is 58.9 Å². The number of halogens is 1. The molecule has 4 aromatic rings. The number of anilines is 1. The van der Waals surface area contributed by atoms with Gasteiger partial charge in [-0.3, -0.25) is 4.68 Å². The van der Waals surface area contributed by atoms with Gasteiger partial charge in [-0.05, 0) is 48.6 Å². The van der Waals surface area contributed by atoms with Crippen LogP contribution < -0.4 is 10.2 Å². The monoisotopic (exact) mass is 430 g/mol. The van der Waals surface area contributed by atoms with Gasteiger partial charge in [-0.15, -0.1) is 10.2 Å². The lowest BCUT2D eigenvalue weighted by atomic mass is 10.1. The zero-order valence-corrected chi connectivity index (χ0v) is 18.4. The van der Waals surface area contributed by atoms with Crippen molar-refractivity contribution in [1.29, 1.82) is 0 Å². The van der Waals surface area contributed by atoms with E-state index in [2.05, 4.69) is 43.7 Å². The smallest absolute Gasteiger partial charge is 0.159 e. The molecule has 1 N–H and O–H groups in total. The second-order valence-corrected chi connectivity index (χ2v) is 8.56. The maximum absolute atomic E-state index is 13.3. The molecule has 3 heterocycles. The summed E-state index contributed by atoms with van der Waals surface area (Å²) in [6.45, 7) is 5.54. The maximum atomic E-state index is 13.3. The number of benzene rings is 2. The molecule has 0 bridgehead atoms. The van der Waals surface area contributed by atoms with Gasteiger partial charge in [-0.25, -0.2) is 4.39 Å². The number of aryl methyl sites for hydroxylation is 2. The molecule has 32 heavy (non-hydrogen) atoms. The van der Waals surface area contributed by atoms with E-state index in [4.69, 9.17) is 0 Å². The Morgan fingerprint density at radius 3 is 2.72 bits per heavy atom. The molecule has 6 nitrogen and oxygen atoms in total. The molecule has 1 saturated heterocycles. The molecule has 0 saturated carbocycles. The first-order valence-electron chi connectivity index (χ1n) is 11.0. The molecular weight excluding hydrogens is 403 g/mol. The van der Waals surface area contributed by atoms with E-state index >= 15 is 0 Å². The molecule has 0 spiro atoms. The van der Waals surface area contributed by atoms with Gasteiger partial charge in [-0.2, -0.15) is 5.10 Å². The molecule has 1 aliphatic heterocycles. The fraction of sp³-hybridized carbons (Fsp3) is 0.320. The van der Waals surface area contributed by atoms with Gasteiger partial charge in [-0.1, -0.05) is 30.3 Å². The van der Waals surface area contributed by atoms with Gasteiger partial charge in [0.15, 0.2) is 5.82 Å². The molecule has 1 unspecified atom stereocenters. The van der Waals surface area contributed by atoms with Crippen molar-refractivity contribution >= 4 is 16.6 Å². The minimum atomic E-state index is -0.180. The van der Waals surface area contributed by atoms with Crippen molar-refractivity contribution in [2.24, 2.45) is 13.0 Å². The van der Waals surface area contributed by atoms with Crippen LogP contribution in [0.3, 0.4) is 0 Å². The number of aromatic nitrogens is 4. The molecule has 164 valence electrons. The summed E-state index contributed by atoms with van der Waals surface area (Å²) in [5, 5.41) is 19.3. The predicted octanol–water partition coefficient (Wildman–Crippen LogP) is 4.09. The molecule has 7 heteroatoms. The van der Waals surface area contributed by atoms with Crippen LogP contribution in [0.25, 0.3) is 22.2 Å². The standard InChI is InChI=1S/C25H27FN6/c1-17-13-20(26)8-7-19(17)15-27-14-18-10-12-32(16-18)25-22-6-4-3-5-21(22)24(29-30-25)23-9-11-28-31(23)2/h3-9,11,13,18,27H,10,12,14-16H2,1-2H3. The Hall–Kier alpha value is -3.32. The van der Waals surface area contributed by atoms with E-state index in [0.29, 0.717) is 5.92 Å². The third kappa shape index (κ3) is 3.96. The van der Waals surface area contributed by atoms with Crippen LogP contribution in [-0.4, -0.2) is 39.6 Å². The average molecular weight is 431 g/mol. The quantitative estimate of drug-likeness (QED) is 0.499. The maximum Gasteiger partial charge on any atom is 0.159 e. The molecule has 1 aliphatic rings. The fourth-order valence-corrected chi connectivity index (χ4v) is 4.58. The average Bonchev–Trinajstić information content (AvgIpc) is 3.43. The molecule has 1 atom stereocenters. The first-order valence-corrected chi connectivity index (χ1v) is 11.0. The van der Waals surface area contributed by atoms with Crippen molar-refractivity contribution in [3.63, 3.8) is 0 Å². The summed E-state index contributed by atoms with van der Waals surface area (Å²) < 4.78 is 15.1. The van der Waals surface area contributed by atoms with Crippen LogP contribution in [0.4, 0.5) is 10.2 Å². The number of rotatable bonds is 6. The van der Waals surface area contributed by atoms with Gasteiger partial charge in [0.1, 0.15) is 11.5 Å². The first-order chi connectivity index (χ1) is 15.6. The van der Waals surface area contributed by atoms with Crippen molar-refractivity contribution in [1.82, 2.24) is 25.3 Å². The highest BCUT2D eigenvalue weighted by molar-refractivity contribution is 5.99. The van der Waals surface area contributed by atoms with Crippen LogP contribution >= 0.6 is 0 Å². The Kier molecular flexibility index (Phi) is 5.57. The molecule has 2 aromatic carbocycles. The molecule has 0 aliphatic carbocycles. The summed E-state index contributed by atoms with van der Waals surface area (Å²) in [5.41, 5.74) is 3.95. The van der Waals surface area contributed by atoms with Gasteiger partial charge in [0.25, 0.3) is 0 Å². The summed E-state index contributed by atoms with van der Waals surface area (Å²) in [6, 6.07) is 15.3. The number of nitrogens with zero attached hydrogens (tertiary/aromatic N) is 5. The number of nitrogens with one attached hydrogen (secondary N) is 1. The molecule has 2 aromatic heterocycles. The Morgan fingerprint density at radius 1 is 1.09 bits per heavy atom. The second-order valence-electron chi connectivity index (χ2n) is 8.56. The van der Waals surface area contributed by atoms with E-state index in [1.165, 1.54) is 6.07 Å². The van der Waals surface area contributed by atoms with Gasteiger partial charge >= 0.3 is 0 Å². The number of fused-ring (bicyclic) bond motifs is 1. The largest absolute Gasteiger partial charge is 0.354 e. The van der Waals surface area contributed by atoms with Crippen molar-refractivity contribution in [2.45, 2.75) is 19.9 Å². The van der Waals surface area contributed by atoms with Gasteiger partial charge in [0.2, 0.25) is 0 Å². The predicted molar refractivity (Wildman–Crippen MR) is 125 cm³/mol. The van der Waals surface area contributed by atoms with E-state index < -0.39 is 0 Å². The minimum absolute atomic E-state index is 0.180. The van der Waals surface area contributed by atoms with E-state index in [9.17, 15) is 4.39 Å². The third-order valence-electron chi connectivity index (χ3n) is 6.37. The van der Waals surface area contributed by atoms with E-state index in [0.717, 1.165) is 71.7 Å². The van der Waals surface area contributed by atoms with Gasteiger partial charge in [0, 0.05) is 50.2 Å². The zero-order chi connectivity index (χ0) is 22.1. The normalized spacial score (nSPS) is 16.2. The highest BCUT2D eigenvalue weighted by Gasteiger charge is 2.26. The minimum Gasteiger partial charge on any atom is -0.354 e. The molecule has 0 amide bonds. The summed E-state index contributed by atoms with van der Waals surface area (Å²) in [4.78, 5) is 2.35. The summed E-state index contributed by atoms with van der Waals surface area (Å²) in [7, 11) is 1.92. The van der Waals surface area contributed by atoms with Crippen LogP contribution in [0, 0.1) is 18.7 Å². The molecular formula is C25H27FN6. The molecule has 1 fully saturated rings. The summed E-state index contributed by atoms with van der Waals surface area (Å²) in [6.07, 6.45) is 2.89. The Labute approximate surface area is 187 Å². The van der Waals surface area contributed by atoms with E-state index in [1.807, 2.05) is 36.9 Å². The summed E-state index contributed by atoms with van der Waals surface area (Å²) in [5.74, 6) is 1.30.